The quantitative estimate of drug-likeness (QED) is 0.432. The lowest BCUT2D eigenvalue weighted by molar-refractivity contribution is 0.300. The van der Waals surface area contributed by atoms with E-state index < -0.39 is 0 Å². The fraction of sp³-hybridized carbons (Fsp3) is 0.217. The van der Waals surface area contributed by atoms with Crippen LogP contribution >= 0.6 is 22.9 Å². The average Bonchev–Trinajstić information content (AvgIpc) is 3.10. The van der Waals surface area contributed by atoms with Crippen molar-refractivity contribution in [1.29, 1.82) is 5.26 Å². The molecule has 3 nitrogen and oxygen atoms in total. The number of nitriles is 1. The van der Waals surface area contributed by atoms with E-state index >= 15 is 0 Å². The lowest BCUT2D eigenvalue weighted by atomic mass is 9.96. The van der Waals surface area contributed by atoms with E-state index in [-0.39, 0.29) is 12.4 Å². The van der Waals surface area contributed by atoms with Gasteiger partial charge in [-0.1, -0.05) is 17.7 Å². The van der Waals surface area contributed by atoms with Gasteiger partial charge in [-0.3, -0.25) is 0 Å². The molecule has 0 fully saturated rings. The third-order valence-corrected chi connectivity index (χ3v) is 6.47. The molecule has 1 heterocycles. The maximum absolute atomic E-state index is 13.8. The first-order valence-electron chi connectivity index (χ1n) is 9.40. The molecular weight excluding hydrogens is 407 g/mol. The number of rotatable bonds is 5. The summed E-state index contributed by atoms with van der Waals surface area (Å²) in [4.78, 5) is 5.86. The fourth-order valence-electron chi connectivity index (χ4n) is 3.37. The van der Waals surface area contributed by atoms with Gasteiger partial charge in [-0.25, -0.2) is 9.38 Å². The zero-order valence-corrected chi connectivity index (χ0v) is 17.2. The Labute approximate surface area is 178 Å². The van der Waals surface area contributed by atoms with Gasteiger partial charge in [0.1, 0.15) is 29.2 Å². The van der Waals surface area contributed by atoms with Crippen LogP contribution in [0.25, 0.3) is 0 Å². The summed E-state index contributed by atoms with van der Waals surface area (Å²) in [5.74, 6) is 0.235. The number of aliphatic imine (C=N–C) groups is 1. The number of halogens is 2. The van der Waals surface area contributed by atoms with E-state index in [1.54, 1.807) is 41.8 Å². The van der Waals surface area contributed by atoms with Crippen molar-refractivity contribution in [3.8, 4) is 11.8 Å². The van der Waals surface area contributed by atoms with Crippen molar-refractivity contribution < 1.29 is 9.13 Å². The molecule has 146 valence electrons. The molecule has 0 aliphatic heterocycles. The third kappa shape index (κ3) is 4.34. The molecule has 6 heteroatoms. The minimum absolute atomic E-state index is 0.0607. The molecule has 2 aromatic carbocycles. The highest BCUT2D eigenvalue weighted by Crippen LogP contribution is 2.39. The summed E-state index contributed by atoms with van der Waals surface area (Å²) < 4.78 is 19.5. The maximum atomic E-state index is 13.8. The van der Waals surface area contributed by atoms with E-state index in [1.165, 1.54) is 22.9 Å². The van der Waals surface area contributed by atoms with Crippen molar-refractivity contribution in [2.45, 2.75) is 32.3 Å². The van der Waals surface area contributed by atoms with Crippen LogP contribution in [0.15, 0.2) is 47.5 Å². The Kier molecular flexibility index (Phi) is 5.94. The van der Waals surface area contributed by atoms with Gasteiger partial charge in [0.2, 0.25) is 0 Å². The summed E-state index contributed by atoms with van der Waals surface area (Å²) in [6.45, 7) is 0.0607. The van der Waals surface area contributed by atoms with Gasteiger partial charge in [-0.05, 0) is 73.2 Å². The van der Waals surface area contributed by atoms with Crippen molar-refractivity contribution >= 4 is 34.2 Å². The second-order valence-corrected chi connectivity index (χ2v) is 8.31. The van der Waals surface area contributed by atoms with Gasteiger partial charge in [-0.15, -0.1) is 11.3 Å². The highest BCUT2D eigenvalue weighted by atomic mass is 35.5. The molecular formula is C23H18ClFN2OS. The molecule has 1 aliphatic rings. The van der Waals surface area contributed by atoms with Gasteiger partial charge in [0.15, 0.2) is 0 Å². The number of nitrogens with zero attached hydrogens (tertiary/aromatic N) is 2. The third-order valence-electron chi connectivity index (χ3n) is 4.92. The number of fused-ring (bicyclic) bond motifs is 1. The van der Waals surface area contributed by atoms with Gasteiger partial charge >= 0.3 is 0 Å². The van der Waals surface area contributed by atoms with Crippen LogP contribution in [0.2, 0.25) is 5.02 Å². The summed E-state index contributed by atoms with van der Waals surface area (Å²) in [6, 6.07) is 14.3. The largest absolute Gasteiger partial charge is 0.489 e. The van der Waals surface area contributed by atoms with Gasteiger partial charge < -0.3 is 4.74 Å². The summed E-state index contributed by atoms with van der Waals surface area (Å²) in [7, 11) is 0. The Balaban J connectivity index is 1.45. The Morgan fingerprint density at radius 2 is 1.97 bits per heavy atom. The molecule has 0 radical (unpaired) electrons. The Hall–Kier alpha value is -2.68. The van der Waals surface area contributed by atoms with E-state index in [0.29, 0.717) is 16.3 Å². The topological polar surface area (TPSA) is 45.4 Å². The number of benzene rings is 2. The number of hydrogen-bond donors (Lipinski definition) is 0. The molecule has 4 rings (SSSR count). The van der Waals surface area contributed by atoms with Gasteiger partial charge in [-0.2, -0.15) is 5.26 Å². The average molecular weight is 425 g/mol. The molecule has 0 atom stereocenters. The van der Waals surface area contributed by atoms with Gasteiger partial charge in [0.05, 0.1) is 10.6 Å². The summed E-state index contributed by atoms with van der Waals surface area (Å²) in [5, 5.41) is 10.7. The SMILES string of the molecule is N#Cc1c(N=Cc2ccc(OCc3c(F)cccc3Cl)cc2)sc2c1CCCC2. The minimum Gasteiger partial charge on any atom is -0.489 e. The van der Waals surface area contributed by atoms with Crippen molar-refractivity contribution in [3.05, 3.63) is 80.4 Å². The molecule has 0 saturated heterocycles. The van der Waals surface area contributed by atoms with Crippen molar-refractivity contribution in [3.63, 3.8) is 0 Å². The predicted molar refractivity (Wildman–Crippen MR) is 115 cm³/mol. The zero-order chi connectivity index (χ0) is 20.2. The minimum atomic E-state index is -0.381. The molecule has 0 amide bonds. The van der Waals surface area contributed by atoms with E-state index in [0.717, 1.165) is 35.4 Å². The van der Waals surface area contributed by atoms with Crippen LogP contribution in [0.4, 0.5) is 9.39 Å². The molecule has 1 aliphatic carbocycles. The van der Waals surface area contributed by atoms with Crippen LogP contribution in [0, 0.1) is 17.1 Å². The molecule has 3 aromatic rings. The molecule has 1 aromatic heterocycles. The standard InChI is InChI=1S/C23H18ClFN2OS/c24-20-5-3-6-21(25)19(20)14-28-16-10-8-15(9-11-16)13-27-23-18(12-26)17-4-1-2-7-22(17)29-23/h3,5-6,8-11,13H,1-2,4,7,14H2. The summed E-state index contributed by atoms with van der Waals surface area (Å²) in [5.41, 5.74) is 3.15. The molecule has 29 heavy (non-hydrogen) atoms. The van der Waals surface area contributed by atoms with E-state index in [1.807, 2.05) is 12.1 Å². The molecule has 0 N–H and O–H groups in total. The second-order valence-electron chi connectivity index (χ2n) is 6.82. The molecule has 0 unspecified atom stereocenters. The monoisotopic (exact) mass is 424 g/mol. The molecule has 0 saturated carbocycles. The van der Waals surface area contributed by atoms with Crippen LogP contribution in [0.3, 0.4) is 0 Å². The van der Waals surface area contributed by atoms with Crippen LogP contribution < -0.4 is 4.74 Å². The van der Waals surface area contributed by atoms with Gasteiger partial charge in [0, 0.05) is 16.7 Å². The number of thiophene rings is 1. The second kappa shape index (κ2) is 8.77. The van der Waals surface area contributed by atoms with E-state index in [2.05, 4.69) is 11.1 Å². The van der Waals surface area contributed by atoms with Crippen molar-refractivity contribution in [2.75, 3.05) is 0 Å². The number of aryl methyl sites for hydroxylation is 1. The van der Waals surface area contributed by atoms with Crippen LogP contribution in [0.5, 0.6) is 5.75 Å². The van der Waals surface area contributed by atoms with Crippen LogP contribution in [-0.2, 0) is 19.4 Å². The molecule has 0 spiro atoms. The highest BCUT2D eigenvalue weighted by molar-refractivity contribution is 7.16. The Morgan fingerprint density at radius 3 is 2.72 bits per heavy atom. The lowest BCUT2D eigenvalue weighted by Gasteiger charge is -2.09. The first-order valence-corrected chi connectivity index (χ1v) is 10.6. The zero-order valence-electron chi connectivity index (χ0n) is 15.6. The Bertz CT molecular complexity index is 1080. The maximum Gasteiger partial charge on any atom is 0.134 e. The van der Waals surface area contributed by atoms with Crippen LogP contribution in [-0.4, -0.2) is 6.21 Å². The highest BCUT2D eigenvalue weighted by Gasteiger charge is 2.20. The summed E-state index contributed by atoms with van der Waals surface area (Å²) in [6.07, 6.45) is 6.10. The first-order chi connectivity index (χ1) is 14.2. The first kappa shape index (κ1) is 19.6. The smallest absolute Gasteiger partial charge is 0.134 e. The molecule has 0 bridgehead atoms. The number of hydrogen-bond acceptors (Lipinski definition) is 4. The normalized spacial score (nSPS) is 13.3. The van der Waals surface area contributed by atoms with Crippen molar-refractivity contribution in [1.82, 2.24) is 0 Å². The summed E-state index contributed by atoms with van der Waals surface area (Å²) >= 11 is 7.65. The Morgan fingerprint density at radius 1 is 1.17 bits per heavy atom. The predicted octanol–water partition coefficient (Wildman–Crippen LogP) is 6.62. The van der Waals surface area contributed by atoms with Crippen LogP contribution in [0.1, 0.15) is 40.0 Å². The van der Waals surface area contributed by atoms with Crippen molar-refractivity contribution in [2.24, 2.45) is 4.99 Å². The van der Waals surface area contributed by atoms with E-state index in [4.69, 9.17) is 16.3 Å². The van der Waals surface area contributed by atoms with E-state index in [9.17, 15) is 9.65 Å². The number of ether oxygens (including phenoxy) is 1. The fourth-order valence-corrected chi connectivity index (χ4v) is 4.77. The van der Waals surface area contributed by atoms with Gasteiger partial charge in [0.25, 0.3) is 0 Å². The lowest BCUT2D eigenvalue weighted by Crippen LogP contribution is -1.99.